The van der Waals surface area contributed by atoms with Crippen molar-refractivity contribution in [1.82, 2.24) is 10.2 Å². The Morgan fingerprint density at radius 3 is 2.57 bits per heavy atom. The fourth-order valence-electron chi connectivity index (χ4n) is 2.07. The van der Waals surface area contributed by atoms with Gasteiger partial charge in [0.25, 0.3) is 0 Å². The number of hydrogen-bond donors (Lipinski definition) is 2. The van der Waals surface area contributed by atoms with E-state index in [2.05, 4.69) is 30.7 Å². The van der Waals surface area contributed by atoms with Crippen molar-refractivity contribution in [1.29, 1.82) is 0 Å². The highest BCUT2D eigenvalue weighted by atomic mass is 16.2. The highest BCUT2D eigenvalue weighted by Gasteiger charge is 2.38. The van der Waals surface area contributed by atoms with Crippen LogP contribution < -0.4 is 10.2 Å². The zero-order valence-corrected chi connectivity index (χ0v) is 12.6. The van der Waals surface area contributed by atoms with E-state index >= 15 is 0 Å². The van der Waals surface area contributed by atoms with Gasteiger partial charge in [0, 0.05) is 12.8 Å². The number of nitrogens with zero attached hydrogens (tertiary/aromatic N) is 2. The highest BCUT2D eigenvalue weighted by molar-refractivity contribution is 6.23. The minimum atomic E-state index is -1.03. The number of nitrogens with one attached hydrogen (secondary N) is 2. The van der Waals surface area contributed by atoms with Crippen LogP contribution in [0.2, 0.25) is 0 Å². The van der Waals surface area contributed by atoms with Crippen LogP contribution in [0.25, 0.3) is 0 Å². The Hall–Kier alpha value is -2.02. The summed E-state index contributed by atoms with van der Waals surface area (Å²) < 4.78 is 0. The molecule has 0 radical (unpaired) electrons. The summed E-state index contributed by atoms with van der Waals surface area (Å²) in [6, 6.07) is -0.706. The standard InChI is InChI=1S/C14H22N4O3/c1-4-8-18-13(20)11(12(19)16-14(18)21)10-15-7-9-17(5-2)6-3/h4,10-11H,1,5-9H2,2-3H3,(H,16,19,21)/p+1. The van der Waals surface area contributed by atoms with Crippen molar-refractivity contribution in [2.24, 2.45) is 10.9 Å². The molecule has 0 aromatic carbocycles. The van der Waals surface area contributed by atoms with Gasteiger partial charge in [0.1, 0.15) is 0 Å². The lowest BCUT2D eigenvalue weighted by atomic mass is 10.1. The van der Waals surface area contributed by atoms with Gasteiger partial charge in [0.15, 0.2) is 5.92 Å². The van der Waals surface area contributed by atoms with Gasteiger partial charge in [-0.05, 0) is 13.8 Å². The van der Waals surface area contributed by atoms with Gasteiger partial charge in [-0.1, -0.05) is 6.08 Å². The molecule has 0 spiro atoms. The van der Waals surface area contributed by atoms with E-state index in [0.717, 1.165) is 24.5 Å². The van der Waals surface area contributed by atoms with E-state index in [1.807, 2.05) is 0 Å². The third kappa shape index (κ3) is 4.49. The number of aliphatic imine (C=N–C) groups is 1. The lowest BCUT2D eigenvalue weighted by molar-refractivity contribution is -0.894. The van der Waals surface area contributed by atoms with Crippen molar-refractivity contribution in [2.75, 3.05) is 32.7 Å². The minimum absolute atomic E-state index is 0.0753. The summed E-state index contributed by atoms with van der Waals surface area (Å²) in [5.74, 6) is -2.21. The Labute approximate surface area is 124 Å². The van der Waals surface area contributed by atoms with E-state index in [9.17, 15) is 14.4 Å². The summed E-state index contributed by atoms with van der Waals surface area (Å²) in [4.78, 5) is 41.8. The van der Waals surface area contributed by atoms with Gasteiger partial charge in [0.2, 0.25) is 11.8 Å². The monoisotopic (exact) mass is 295 g/mol. The Morgan fingerprint density at radius 1 is 1.33 bits per heavy atom. The van der Waals surface area contributed by atoms with Crippen LogP contribution >= 0.6 is 0 Å². The number of carbonyl (C=O) groups excluding carboxylic acids is 3. The van der Waals surface area contributed by atoms with Crippen molar-refractivity contribution < 1.29 is 19.3 Å². The van der Waals surface area contributed by atoms with Gasteiger partial charge < -0.3 is 4.90 Å². The Morgan fingerprint density at radius 2 is 2.00 bits per heavy atom. The molecule has 21 heavy (non-hydrogen) atoms. The van der Waals surface area contributed by atoms with E-state index in [1.165, 1.54) is 17.2 Å². The van der Waals surface area contributed by atoms with E-state index in [1.54, 1.807) is 0 Å². The molecule has 1 saturated heterocycles. The largest absolute Gasteiger partial charge is 0.334 e. The second kappa shape index (κ2) is 8.31. The van der Waals surface area contributed by atoms with E-state index in [0.29, 0.717) is 6.54 Å². The average molecular weight is 295 g/mol. The van der Waals surface area contributed by atoms with Crippen LogP contribution in [-0.2, 0) is 9.59 Å². The molecule has 1 unspecified atom stereocenters. The van der Waals surface area contributed by atoms with Crippen LogP contribution in [0.1, 0.15) is 13.8 Å². The zero-order chi connectivity index (χ0) is 15.8. The van der Waals surface area contributed by atoms with Gasteiger partial charge in [-0.25, -0.2) is 4.79 Å². The minimum Gasteiger partial charge on any atom is -0.334 e. The number of barbiturate groups is 1. The van der Waals surface area contributed by atoms with Gasteiger partial charge in [-0.3, -0.25) is 24.8 Å². The van der Waals surface area contributed by atoms with Crippen molar-refractivity contribution >= 4 is 24.1 Å². The second-order valence-corrected chi connectivity index (χ2v) is 4.77. The van der Waals surface area contributed by atoms with Gasteiger partial charge in [-0.15, -0.1) is 6.58 Å². The first kappa shape index (κ1) is 17.0. The average Bonchev–Trinajstić information content (AvgIpc) is 2.46. The molecule has 0 aliphatic carbocycles. The number of carbonyl (C=O) groups is 3. The van der Waals surface area contributed by atoms with Crippen molar-refractivity contribution in [3.8, 4) is 0 Å². The van der Waals surface area contributed by atoms with E-state index in [-0.39, 0.29) is 6.54 Å². The predicted octanol–water partition coefficient (Wildman–Crippen LogP) is -1.14. The van der Waals surface area contributed by atoms with Crippen LogP contribution in [0.3, 0.4) is 0 Å². The number of quaternary nitrogens is 1. The van der Waals surface area contributed by atoms with Crippen LogP contribution in [0.5, 0.6) is 0 Å². The molecule has 1 aliphatic heterocycles. The maximum absolute atomic E-state index is 12.1. The zero-order valence-electron chi connectivity index (χ0n) is 12.6. The van der Waals surface area contributed by atoms with E-state index in [4.69, 9.17) is 0 Å². The molecule has 7 heteroatoms. The first-order valence-electron chi connectivity index (χ1n) is 7.15. The number of hydrogen-bond acceptors (Lipinski definition) is 4. The molecular weight excluding hydrogens is 272 g/mol. The summed E-state index contributed by atoms with van der Waals surface area (Å²) in [7, 11) is 0. The van der Waals surface area contributed by atoms with Crippen molar-refractivity contribution in [3.63, 3.8) is 0 Å². The van der Waals surface area contributed by atoms with Crippen LogP contribution in [0.4, 0.5) is 4.79 Å². The molecule has 4 amide bonds. The summed E-state index contributed by atoms with van der Waals surface area (Å²) in [6.45, 7) is 11.2. The smallest absolute Gasteiger partial charge is 0.331 e. The molecule has 7 nitrogen and oxygen atoms in total. The number of imide groups is 2. The Balaban J connectivity index is 2.63. The van der Waals surface area contributed by atoms with Gasteiger partial charge in [-0.2, -0.15) is 0 Å². The number of amides is 4. The third-order valence-electron chi connectivity index (χ3n) is 3.45. The molecule has 2 N–H and O–H groups in total. The molecule has 116 valence electrons. The maximum atomic E-state index is 12.1. The number of likely N-dealkylation sites (N-methyl/N-ethyl adjacent to an activating group) is 1. The molecule has 0 aromatic heterocycles. The van der Waals surface area contributed by atoms with Crippen LogP contribution in [0.15, 0.2) is 17.6 Å². The quantitative estimate of drug-likeness (QED) is 0.337. The van der Waals surface area contributed by atoms with Crippen molar-refractivity contribution in [2.45, 2.75) is 13.8 Å². The normalized spacial score (nSPS) is 19.5. The molecule has 0 saturated carbocycles. The van der Waals surface area contributed by atoms with E-state index < -0.39 is 23.8 Å². The third-order valence-corrected chi connectivity index (χ3v) is 3.45. The first-order chi connectivity index (χ1) is 10.0. The van der Waals surface area contributed by atoms with Crippen LogP contribution in [-0.4, -0.2) is 61.7 Å². The highest BCUT2D eigenvalue weighted by Crippen LogP contribution is 2.08. The molecular formula is C14H23N4O3+. The molecule has 0 bridgehead atoms. The number of rotatable bonds is 8. The summed E-state index contributed by atoms with van der Waals surface area (Å²) in [6.07, 6.45) is 2.77. The molecule has 0 aromatic rings. The fraction of sp³-hybridized carbons (Fsp3) is 0.571. The van der Waals surface area contributed by atoms with Crippen LogP contribution in [0, 0.1) is 5.92 Å². The second-order valence-electron chi connectivity index (χ2n) is 4.77. The lowest BCUT2D eigenvalue weighted by Gasteiger charge is -2.27. The summed E-state index contributed by atoms with van der Waals surface area (Å²) >= 11 is 0. The molecule has 1 heterocycles. The SMILES string of the molecule is C=CCN1C(=O)NC(=O)C(C=NCC[NH+](CC)CC)C1=O. The lowest BCUT2D eigenvalue weighted by Crippen LogP contribution is -3.11. The summed E-state index contributed by atoms with van der Waals surface area (Å²) in [5.41, 5.74) is 0. The predicted molar refractivity (Wildman–Crippen MR) is 79.2 cm³/mol. The van der Waals surface area contributed by atoms with Crippen molar-refractivity contribution in [3.05, 3.63) is 12.7 Å². The maximum Gasteiger partial charge on any atom is 0.331 e. The topological polar surface area (TPSA) is 83.3 Å². The Bertz CT molecular complexity index is 444. The molecule has 1 aliphatic rings. The summed E-state index contributed by atoms with van der Waals surface area (Å²) in [5, 5.41) is 2.15. The number of urea groups is 1. The molecule has 1 atom stereocenters. The molecule has 1 rings (SSSR count). The Kier molecular flexibility index (Phi) is 6.74. The first-order valence-corrected chi connectivity index (χ1v) is 7.15. The van der Waals surface area contributed by atoms with Gasteiger partial charge >= 0.3 is 6.03 Å². The molecule has 1 fully saturated rings. The van der Waals surface area contributed by atoms with Gasteiger partial charge in [0.05, 0.1) is 26.2 Å². The fourth-order valence-corrected chi connectivity index (χ4v) is 2.07.